The molecule has 1 atom stereocenters. The predicted octanol–water partition coefficient (Wildman–Crippen LogP) is 2.66. The number of rotatable bonds is 5. The molecule has 2 heterocycles. The van der Waals surface area contributed by atoms with E-state index in [2.05, 4.69) is 5.32 Å². The van der Waals surface area contributed by atoms with Crippen LogP contribution >= 0.6 is 0 Å². The van der Waals surface area contributed by atoms with Crippen LogP contribution in [0.4, 0.5) is 5.69 Å². The molecule has 0 saturated heterocycles. The van der Waals surface area contributed by atoms with Gasteiger partial charge in [0, 0.05) is 11.3 Å². The van der Waals surface area contributed by atoms with E-state index in [0.717, 1.165) is 5.56 Å². The quantitative estimate of drug-likeness (QED) is 0.695. The molecule has 2 aromatic rings. The van der Waals surface area contributed by atoms with E-state index in [4.69, 9.17) is 19.9 Å². The number of anilines is 1. The molecule has 1 spiro atoms. The molecule has 8 nitrogen and oxygen atoms in total. The summed E-state index contributed by atoms with van der Waals surface area (Å²) in [5, 5.41) is 2.75. The van der Waals surface area contributed by atoms with Gasteiger partial charge >= 0.3 is 11.9 Å². The third kappa shape index (κ3) is 3.20. The summed E-state index contributed by atoms with van der Waals surface area (Å²) >= 11 is 0. The molecule has 1 unspecified atom stereocenters. The lowest BCUT2D eigenvalue weighted by Crippen LogP contribution is -2.48. The van der Waals surface area contributed by atoms with Gasteiger partial charge in [-0.3, -0.25) is 4.79 Å². The van der Waals surface area contributed by atoms with Crippen molar-refractivity contribution in [3.8, 4) is 0 Å². The molecule has 4 rings (SSSR count). The van der Waals surface area contributed by atoms with E-state index in [1.54, 1.807) is 43.3 Å². The molecule has 2 aliphatic heterocycles. The highest BCUT2D eigenvalue weighted by Gasteiger charge is 2.61. The molecule has 1 amide bonds. The second kappa shape index (κ2) is 8.22. The van der Waals surface area contributed by atoms with Crippen molar-refractivity contribution in [1.82, 2.24) is 0 Å². The maximum Gasteiger partial charge on any atom is 0.341 e. The van der Waals surface area contributed by atoms with E-state index in [-0.39, 0.29) is 36.0 Å². The molecule has 0 aromatic heterocycles. The fourth-order valence-electron chi connectivity index (χ4n) is 4.14. The van der Waals surface area contributed by atoms with Crippen molar-refractivity contribution < 1.29 is 28.6 Å². The van der Waals surface area contributed by atoms with Gasteiger partial charge in [0.2, 0.25) is 11.8 Å². The average Bonchev–Trinajstić information content (AvgIpc) is 3.05. The number of amides is 1. The Morgan fingerprint density at radius 2 is 1.66 bits per heavy atom. The van der Waals surface area contributed by atoms with Crippen LogP contribution in [-0.4, -0.2) is 24.5 Å². The number of esters is 2. The zero-order chi connectivity index (χ0) is 22.9. The van der Waals surface area contributed by atoms with Crippen LogP contribution in [0.2, 0.25) is 0 Å². The van der Waals surface area contributed by atoms with Crippen molar-refractivity contribution in [2.45, 2.75) is 25.9 Å². The predicted molar refractivity (Wildman–Crippen MR) is 115 cm³/mol. The number of hydrogen-bond acceptors (Lipinski definition) is 7. The normalized spacial score (nSPS) is 19.4. The lowest BCUT2D eigenvalue weighted by Gasteiger charge is -2.35. The number of nitrogens with one attached hydrogen (secondary N) is 1. The highest BCUT2D eigenvalue weighted by atomic mass is 16.5. The van der Waals surface area contributed by atoms with Crippen LogP contribution in [0.5, 0.6) is 0 Å². The maximum absolute atomic E-state index is 13.5. The van der Waals surface area contributed by atoms with Gasteiger partial charge < -0.3 is 25.3 Å². The number of hydrogen-bond donors (Lipinski definition) is 2. The fourth-order valence-corrected chi connectivity index (χ4v) is 4.14. The molecule has 0 saturated carbocycles. The molecular formula is C24H22N2O6. The Balaban J connectivity index is 1.86. The highest BCUT2D eigenvalue weighted by Crippen LogP contribution is 2.52. The largest absolute Gasteiger partial charge is 0.462 e. The minimum atomic E-state index is -1.86. The van der Waals surface area contributed by atoms with E-state index in [1.165, 1.54) is 6.92 Å². The lowest BCUT2D eigenvalue weighted by atomic mass is 9.67. The first-order chi connectivity index (χ1) is 15.4. The first-order valence-corrected chi connectivity index (χ1v) is 10.1. The van der Waals surface area contributed by atoms with Gasteiger partial charge in [-0.05, 0) is 25.5 Å². The van der Waals surface area contributed by atoms with Crippen molar-refractivity contribution in [1.29, 1.82) is 0 Å². The van der Waals surface area contributed by atoms with Gasteiger partial charge in [0.1, 0.15) is 28.9 Å². The molecule has 32 heavy (non-hydrogen) atoms. The van der Waals surface area contributed by atoms with E-state index in [9.17, 15) is 14.4 Å². The van der Waals surface area contributed by atoms with Crippen LogP contribution < -0.4 is 11.1 Å². The number of carbonyl (C=O) groups excluding carboxylic acids is 3. The molecule has 164 valence electrons. The lowest BCUT2D eigenvalue weighted by molar-refractivity contribution is -0.144. The van der Waals surface area contributed by atoms with Crippen molar-refractivity contribution in [2.24, 2.45) is 5.73 Å². The topological polar surface area (TPSA) is 117 Å². The Morgan fingerprint density at radius 3 is 2.38 bits per heavy atom. The van der Waals surface area contributed by atoms with Gasteiger partial charge in [-0.25, -0.2) is 9.59 Å². The summed E-state index contributed by atoms with van der Waals surface area (Å²) in [4.78, 5) is 39.9. The number of ether oxygens (including phenoxy) is 3. The maximum atomic E-state index is 13.5. The fraction of sp³-hybridized carbons (Fsp3) is 0.208. The zero-order valence-corrected chi connectivity index (χ0v) is 17.6. The first-order valence-electron chi connectivity index (χ1n) is 10.1. The number of para-hydroxylation sites is 1. The zero-order valence-electron chi connectivity index (χ0n) is 17.6. The molecule has 2 aromatic carbocycles. The highest BCUT2D eigenvalue weighted by molar-refractivity contribution is 6.21. The Hall–Kier alpha value is -4.07. The van der Waals surface area contributed by atoms with Gasteiger partial charge in [0.15, 0.2) is 0 Å². The summed E-state index contributed by atoms with van der Waals surface area (Å²) in [6.07, 6.45) is 0. The van der Waals surface area contributed by atoms with Crippen LogP contribution in [0.15, 0.2) is 77.4 Å². The summed E-state index contributed by atoms with van der Waals surface area (Å²) in [6, 6.07) is 15.9. The number of nitrogens with two attached hydrogens (primary N) is 1. The van der Waals surface area contributed by atoms with Gasteiger partial charge in [0.05, 0.1) is 6.61 Å². The van der Waals surface area contributed by atoms with Gasteiger partial charge in [-0.2, -0.15) is 0 Å². The molecular weight excluding hydrogens is 412 g/mol. The smallest absolute Gasteiger partial charge is 0.341 e. The van der Waals surface area contributed by atoms with Crippen molar-refractivity contribution in [3.63, 3.8) is 0 Å². The van der Waals surface area contributed by atoms with Crippen LogP contribution in [0, 0.1) is 0 Å². The Kier molecular flexibility index (Phi) is 5.44. The number of carbonyl (C=O) groups is 3. The summed E-state index contributed by atoms with van der Waals surface area (Å²) in [5.41, 5.74) is 5.48. The molecule has 0 aliphatic carbocycles. The van der Waals surface area contributed by atoms with Gasteiger partial charge in [-0.15, -0.1) is 0 Å². The molecule has 0 fully saturated rings. The summed E-state index contributed by atoms with van der Waals surface area (Å²) in [6.45, 7) is 3.16. The minimum Gasteiger partial charge on any atom is -0.462 e. The number of fused-ring (bicyclic) bond motifs is 2. The SMILES string of the molecule is CCOC(=O)C1=C(N)OC(C)=C(C(=O)OCc2ccccc2)C12C(=O)Nc1ccccc12. The van der Waals surface area contributed by atoms with Crippen molar-refractivity contribution in [3.05, 3.63) is 88.5 Å². The first kappa shape index (κ1) is 21.2. The van der Waals surface area contributed by atoms with Crippen LogP contribution in [0.25, 0.3) is 0 Å². The summed E-state index contributed by atoms with van der Waals surface area (Å²) < 4.78 is 16.3. The number of benzene rings is 2. The third-order valence-corrected chi connectivity index (χ3v) is 5.43. The van der Waals surface area contributed by atoms with E-state index in [1.807, 2.05) is 18.2 Å². The van der Waals surface area contributed by atoms with E-state index in [0.29, 0.717) is 11.3 Å². The summed E-state index contributed by atoms with van der Waals surface area (Å²) in [7, 11) is 0. The average molecular weight is 434 g/mol. The van der Waals surface area contributed by atoms with Crippen LogP contribution in [-0.2, 0) is 40.6 Å². The summed E-state index contributed by atoms with van der Waals surface area (Å²) in [5.74, 6) is -2.49. The van der Waals surface area contributed by atoms with Crippen LogP contribution in [0.3, 0.4) is 0 Å². The Labute approximate surface area is 184 Å². The number of allylic oxidation sites excluding steroid dienone is 1. The molecule has 8 heteroatoms. The molecule has 2 aliphatic rings. The van der Waals surface area contributed by atoms with Gasteiger partial charge in [-0.1, -0.05) is 48.5 Å². The van der Waals surface area contributed by atoms with Gasteiger partial charge in [0.25, 0.3) is 0 Å². The van der Waals surface area contributed by atoms with Crippen molar-refractivity contribution >= 4 is 23.5 Å². The van der Waals surface area contributed by atoms with E-state index < -0.39 is 23.3 Å². The second-order valence-electron chi connectivity index (χ2n) is 7.30. The van der Waals surface area contributed by atoms with Crippen LogP contribution in [0.1, 0.15) is 25.0 Å². The standard InChI is InChI=1S/C24H22N2O6/c1-3-30-22(28)19-20(25)32-14(2)18(21(27)31-13-15-9-5-4-6-10-15)24(19)16-11-7-8-12-17(16)26-23(24)29/h4-12H,3,13,25H2,1-2H3,(H,26,29). The minimum absolute atomic E-state index is 0.0241. The monoisotopic (exact) mass is 434 g/mol. The Morgan fingerprint density at radius 1 is 1.00 bits per heavy atom. The third-order valence-electron chi connectivity index (χ3n) is 5.43. The molecule has 0 radical (unpaired) electrons. The second-order valence-corrected chi connectivity index (χ2v) is 7.30. The van der Waals surface area contributed by atoms with E-state index >= 15 is 0 Å². The molecule has 0 bridgehead atoms. The van der Waals surface area contributed by atoms with Crippen molar-refractivity contribution in [2.75, 3.05) is 11.9 Å². The Bertz CT molecular complexity index is 1170. The molecule has 3 N–H and O–H groups in total.